The summed E-state index contributed by atoms with van der Waals surface area (Å²) < 4.78 is 0. The van der Waals surface area contributed by atoms with Gasteiger partial charge in [-0.3, -0.25) is 0 Å². The molecule has 0 heterocycles. The van der Waals surface area contributed by atoms with Crippen molar-refractivity contribution in [3.05, 3.63) is 35.4 Å². The molecule has 0 bridgehead atoms. The van der Waals surface area contributed by atoms with Crippen molar-refractivity contribution < 1.29 is 5.21 Å². The fourth-order valence-corrected chi connectivity index (χ4v) is 1.41. The van der Waals surface area contributed by atoms with Crippen LogP contribution in [-0.2, 0) is 0 Å². The molecule has 0 aliphatic carbocycles. The molecule has 1 aromatic rings. The van der Waals surface area contributed by atoms with E-state index in [0.29, 0.717) is 5.92 Å². The molecule has 2 nitrogen and oxygen atoms in total. The molecule has 0 unspecified atom stereocenters. The Balaban J connectivity index is 3.20. The van der Waals surface area contributed by atoms with Gasteiger partial charge in [-0.1, -0.05) is 54.9 Å². The molecule has 1 rings (SSSR count). The highest BCUT2D eigenvalue weighted by molar-refractivity contribution is 6.69. The molecule has 0 aliphatic heterocycles. The van der Waals surface area contributed by atoms with Gasteiger partial charge in [0, 0.05) is 5.56 Å². The zero-order valence-electron chi connectivity index (χ0n) is 7.66. The normalized spacial score (nSPS) is 12.2. The molecule has 3 heteroatoms. The first kappa shape index (κ1) is 10.1. The molecule has 0 atom stereocenters. The SMILES string of the molecule is CC(C)c1ccccc1C(Cl)=NO. The molecule has 1 N–H and O–H groups in total. The number of hydrogen-bond acceptors (Lipinski definition) is 2. The summed E-state index contributed by atoms with van der Waals surface area (Å²) in [5.41, 5.74) is 1.88. The lowest BCUT2D eigenvalue weighted by Gasteiger charge is -2.09. The zero-order chi connectivity index (χ0) is 9.84. The molecule has 13 heavy (non-hydrogen) atoms. The van der Waals surface area contributed by atoms with Gasteiger partial charge < -0.3 is 5.21 Å². The number of hydrogen-bond donors (Lipinski definition) is 1. The monoisotopic (exact) mass is 197 g/mol. The van der Waals surface area contributed by atoms with Crippen molar-refractivity contribution in [3.63, 3.8) is 0 Å². The lowest BCUT2D eigenvalue weighted by molar-refractivity contribution is 0.321. The fraction of sp³-hybridized carbons (Fsp3) is 0.300. The Labute approximate surface area is 82.8 Å². The number of nitrogens with zero attached hydrogens (tertiary/aromatic N) is 1. The van der Waals surface area contributed by atoms with E-state index in [2.05, 4.69) is 19.0 Å². The topological polar surface area (TPSA) is 32.6 Å². The first-order valence-electron chi connectivity index (χ1n) is 4.13. The first-order valence-corrected chi connectivity index (χ1v) is 4.51. The average molecular weight is 198 g/mol. The van der Waals surface area contributed by atoms with Gasteiger partial charge in [0.1, 0.15) is 0 Å². The predicted molar refractivity (Wildman–Crippen MR) is 54.7 cm³/mol. The van der Waals surface area contributed by atoms with Gasteiger partial charge in [0.25, 0.3) is 0 Å². The molecular weight excluding hydrogens is 186 g/mol. The molecule has 0 radical (unpaired) electrons. The van der Waals surface area contributed by atoms with Crippen molar-refractivity contribution in [2.24, 2.45) is 5.16 Å². The molecule has 0 aromatic heterocycles. The molecule has 0 aliphatic rings. The van der Waals surface area contributed by atoms with Crippen LogP contribution in [0, 0.1) is 0 Å². The Kier molecular flexibility index (Phi) is 3.32. The molecule has 0 spiro atoms. The largest absolute Gasteiger partial charge is 0.410 e. The zero-order valence-corrected chi connectivity index (χ0v) is 8.42. The number of benzene rings is 1. The molecule has 1 aromatic carbocycles. The van der Waals surface area contributed by atoms with E-state index in [0.717, 1.165) is 11.1 Å². The molecule has 0 saturated carbocycles. The molecule has 0 saturated heterocycles. The highest BCUT2D eigenvalue weighted by atomic mass is 35.5. The molecular formula is C10H12ClNO. The third-order valence-corrected chi connectivity index (χ3v) is 2.17. The van der Waals surface area contributed by atoms with Gasteiger partial charge in [0.05, 0.1) is 0 Å². The van der Waals surface area contributed by atoms with E-state index in [1.54, 1.807) is 0 Å². The second-order valence-corrected chi connectivity index (χ2v) is 3.49. The fourth-order valence-electron chi connectivity index (χ4n) is 1.24. The van der Waals surface area contributed by atoms with Crippen LogP contribution < -0.4 is 0 Å². The van der Waals surface area contributed by atoms with Gasteiger partial charge in [-0.15, -0.1) is 0 Å². The van der Waals surface area contributed by atoms with Gasteiger partial charge in [-0.25, -0.2) is 0 Å². The molecule has 70 valence electrons. The summed E-state index contributed by atoms with van der Waals surface area (Å²) in [5, 5.41) is 11.7. The summed E-state index contributed by atoms with van der Waals surface area (Å²) in [5.74, 6) is 0.367. The van der Waals surface area contributed by atoms with Gasteiger partial charge in [-0.05, 0) is 11.5 Å². The Morgan fingerprint density at radius 2 is 2.00 bits per heavy atom. The lowest BCUT2D eigenvalue weighted by Crippen LogP contribution is -1.99. The van der Waals surface area contributed by atoms with E-state index in [-0.39, 0.29) is 5.17 Å². The predicted octanol–water partition coefficient (Wildman–Crippen LogP) is 3.18. The van der Waals surface area contributed by atoms with E-state index < -0.39 is 0 Å². The second kappa shape index (κ2) is 4.28. The third-order valence-electron chi connectivity index (χ3n) is 1.89. The Hall–Kier alpha value is -1.02. The lowest BCUT2D eigenvalue weighted by atomic mass is 9.98. The maximum Gasteiger partial charge on any atom is 0.175 e. The van der Waals surface area contributed by atoms with Crippen LogP contribution in [0.5, 0.6) is 0 Å². The molecule has 0 fully saturated rings. The van der Waals surface area contributed by atoms with Crippen LogP contribution in [0.3, 0.4) is 0 Å². The van der Waals surface area contributed by atoms with Crippen molar-refractivity contribution in [1.29, 1.82) is 0 Å². The van der Waals surface area contributed by atoms with Gasteiger partial charge in [0.2, 0.25) is 0 Å². The molecule has 0 amide bonds. The van der Waals surface area contributed by atoms with Crippen LogP contribution in [0.2, 0.25) is 0 Å². The van der Waals surface area contributed by atoms with Crippen molar-refractivity contribution in [1.82, 2.24) is 0 Å². The minimum Gasteiger partial charge on any atom is -0.410 e. The summed E-state index contributed by atoms with van der Waals surface area (Å²) in [7, 11) is 0. The van der Waals surface area contributed by atoms with Crippen LogP contribution in [-0.4, -0.2) is 10.4 Å². The highest BCUT2D eigenvalue weighted by Crippen LogP contribution is 2.20. The Morgan fingerprint density at radius 1 is 1.38 bits per heavy atom. The number of oxime groups is 1. The number of halogens is 1. The highest BCUT2D eigenvalue weighted by Gasteiger charge is 2.09. The van der Waals surface area contributed by atoms with Crippen molar-refractivity contribution >= 4 is 16.8 Å². The minimum atomic E-state index is 0.143. The van der Waals surface area contributed by atoms with Crippen LogP contribution in [0.25, 0.3) is 0 Å². The summed E-state index contributed by atoms with van der Waals surface area (Å²) in [6.07, 6.45) is 0. The van der Waals surface area contributed by atoms with E-state index in [4.69, 9.17) is 16.8 Å². The second-order valence-electron chi connectivity index (χ2n) is 3.13. The Bertz CT molecular complexity index is 320. The van der Waals surface area contributed by atoms with E-state index >= 15 is 0 Å². The van der Waals surface area contributed by atoms with Gasteiger partial charge in [-0.2, -0.15) is 0 Å². The smallest absolute Gasteiger partial charge is 0.175 e. The maximum atomic E-state index is 8.55. The quantitative estimate of drug-likeness (QED) is 0.441. The maximum absolute atomic E-state index is 8.55. The van der Waals surface area contributed by atoms with Crippen LogP contribution in [0.4, 0.5) is 0 Å². The van der Waals surface area contributed by atoms with Crippen molar-refractivity contribution in [2.75, 3.05) is 0 Å². The number of rotatable bonds is 2. The van der Waals surface area contributed by atoms with Gasteiger partial charge in [0.15, 0.2) is 5.17 Å². The van der Waals surface area contributed by atoms with E-state index in [1.807, 2.05) is 24.3 Å². The van der Waals surface area contributed by atoms with Crippen LogP contribution >= 0.6 is 11.6 Å². The Morgan fingerprint density at radius 3 is 2.54 bits per heavy atom. The summed E-state index contributed by atoms with van der Waals surface area (Å²) in [6.45, 7) is 4.14. The summed E-state index contributed by atoms with van der Waals surface area (Å²) >= 11 is 5.74. The third kappa shape index (κ3) is 2.22. The van der Waals surface area contributed by atoms with E-state index in [1.165, 1.54) is 0 Å². The standard InChI is InChI=1S/C10H12ClNO/c1-7(2)8-5-3-4-6-9(8)10(11)12-13/h3-7,13H,1-2H3. The van der Waals surface area contributed by atoms with E-state index in [9.17, 15) is 0 Å². The first-order chi connectivity index (χ1) is 6.16. The van der Waals surface area contributed by atoms with Crippen LogP contribution in [0.1, 0.15) is 30.9 Å². The van der Waals surface area contributed by atoms with Crippen molar-refractivity contribution in [3.8, 4) is 0 Å². The minimum absolute atomic E-state index is 0.143. The van der Waals surface area contributed by atoms with Crippen LogP contribution in [0.15, 0.2) is 29.4 Å². The van der Waals surface area contributed by atoms with Gasteiger partial charge >= 0.3 is 0 Å². The summed E-state index contributed by atoms with van der Waals surface area (Å²) in [4.78, 5) is 0. The average Bonchev–Trinajstić information content (AvgIpc) is 2.16. The summed E-state index contributed by atoms with van der Waals surface area (Å²) in [6, 6.07) is 7.64. The van der Waals surface area contributed by atoms with Crippen molar-refractivity contribution in [2.45, 2.75) is 19.8 Å².